The van der Waals surface area contributed by atoms with Crippen LogP contribution in [0.4, 0.5) is 21.8 Å². The summed E-state index contributed by atoms with van der Waals surface area (Å²) in [5, 5.41) is 3.28. The average Bonchev–Trinajstić information content (AvgIpc) is 2.42. The van der Waals surface area contributed by atoms with Crippen LogP contribution in [-0.4, -0.2) is 23.6 Å². The Balaban J connectivity index is 2.47. The maximum absolute atomic E-state index is 13.3. The summed E-state index contributed by atoms with van der Waals surface area (Å²) < 4.78 is 13.3. The fourth-order valence-corrected chi connectivity index (χ4v) is 1.96. The maximum atomic E-state index is 13.3. The molecule has 0 radical (unpaired) electrons. The Morgan fingerprint density at radius 1 is 1.42 bits per heavy atom. The molecule has 0 aliphatic carbocycles. The van der Waals surface area contributed by atoms with Crippen LogP contribution in [0.15, 0.2) is 30.5 Å². The van der Waals surface area contributed by atoms with Crippen molar-refractivity contribution in [2.45, 2.75) is 6.92 Å². The molecule has 0 saturated heterocycles. The molecule has 0 fully saturated rings. The lowest BCUT2D eigenvalue weighted by Crippen LogP contribution is -2.18. The van der Waals surface area contributed by atoms with Crippen molar-refractivity contribution in [2.24, 2.45) is 0 Å². The number of nitrogens with zero attached hydrogens (tertiary/aromatic N) is 3. The van der Waals surface area contributed by atoms with E-state index >= 15 is 0 Å². The third-order valence-electron chi connectivity index (χ3n) is 2.64. The molecule has 0 unspecified atom stereocenters. The molecule has 100 valence electrons. The van der Waals surface area contributed by atoms with Crippen molar-refractivity contribution in [3.05, 3.63) is 41.3 Å². The Morgan fingerprint density at radius 2 is 2.21 bits per heavy atom. The summed E-state index contributed by atoms with van der Waals surface area (Å²) >= 11 is 6.13. The topological polar surface area (TPSA) is 41.1 Å². The van der Waals surface area contributed by atoms with E-state index in [9.17, 15) is 4.39 Å². The monoisotopic (exact) mass is 280 g/mol. The van der Waals surface area contributed by atoms with Gasteiger partial charge in [-0.25, -0.2) is 9.37 Å². The fraction of sp³-hybridized carbons (Fsp3) is 0.231. The second kappa shape index (κ2) is 5.84. The number of aromatic nitrogens is 2. The molecule has 0 aliphatic rings. The molecule has 0 aliphatic heterocycles. The van der Waals surface area contributed by atoms with Crippen LogP contribution in [0.2, 0.25) is 5.02 Å². The molecule has 0 amide bonds. The molecule has 1 heterocycles. The first-order valence-corrected chi connectivity index (χ1v) is 6.27. The molecule has 4 nitrogen and oxygen atoms in total. The van der Waals surface area contributed by atoms with Crippen LogP contribution < -0.4 is 10.2 Å². The normalized spacial score (nSPS) is 10.3. The van der Waals surface area contributed by atoms with Crippen LogP contribution in [0.3, 0.4) is 0 Å². The van der Waals surface area contributed by atoms with E-state index in [0.29, 0.717) is 29.0 Å². The van der Waals surface area contributed by atoms with E-state index in [4.69, 9.17) is 11.6 Å². The number of hydrogen-bond donors (Lipinski definition) is 1. The standard InChI is InChI=1S/C13H14ClFN4/c1-3-19(10-6-4-5-9(15)7-10)12-11(14)8-17-13(16-2)18-12/h4-8H,3H2,1-2H3,(H,16,17,18). The predicted molar refractivity (Wildman–Crippen MR) is 75.7 cm³/mol. The Hall–Kier alpha value is -1.88. The van der Waals surface area contributed by atoms with Gasteiger partial charge in [0, 0.05) is 19.3 Å². The van der Waals surface area contributed by atoms with Crippen molar-refractivity contribution >= 4 is 29.1 Å². The number of hydrogen-bond acceptors (Lipinski definition) is 4. The second-order valence-electron chi connectivity index (χ2n) is 3.84. The Morgan fingerprint density at radius 3 is 2.84 bits per heavy atom. The van der Waals surface area contributed by atoms with Crippen LogP contribution in [0, 0.1) is 5.82 Å². The third kappa shape index (κ3) is 2.93. The number of rotatable bonds is 4. The molecule has 2 aromatic rings. The van der Waals surface area contributed by atoms with E-state index in [2.05, 4.69) is 15.3 Å². The van der Waals surface area contributed by atoms with Crippen LogP contribution in [0.25, 0.3) is 0 Å². The molecule has 1 aromatic heterocycles. The van der Waals surface area contributed by atoms with Crippen LogP contribution in [0.5, 0.6) is 0 Å². The van der Waals surface area contributed by atoms with Crippen molar-refractivity contribution in [1.29, 1.82) is 0 Å². The number of nitrogens with one attached hydrogen (secondary N) is 1. The Bertz CT molecular complexity index is 576. The molecular weight excluding hydrogens is 267 g/mol. The number of halogens is 2. The molecular formula is C13H14ClFN4. The summed E-state index contributed by atoms with van der Waals surface area (Å²) in [5.41, 5.74) is 0.699. The number of benzene rings is 1. The van der Waals surface area contributed by atoms with E-state index in [0.717, 1.165) is 0 Å². The lowest BCUT2D eigenvalue weighted by molar-refractivity contribution is 0.627. The highest BCUT2D eigenvalue weighted by Crippen LogP contribution is 2.30. The first-order valence-electron chi connectivity index (χ1n) is 5.89. The Kier molecular flexibility index (Phi) is 4.16. The zero-order chi connectivity index (χ0) is 13.8. The summed E-state index contributed by atoms with van der Waals surface area (Å²) in [6, 6.07) is 6.31. The van der Waals surface area contributed by atoms with Gasteiger partial charge in [0.05, 0.1) is 6.20 Å². The van der Waals surface area contributed by atoms with Gasteiger partial charge in [0.2, 0.25) is 5.95 Å². The van der Waals surface area contributed by atoms with Crippen LogP contribution in [-0.2, 0) is 0 Å². The van der Waals surface area contributed by atoms with Gasteiger partial charge in [-0.1, -0.05) is 17.7 Å². The highest BCUT2D eigenvalue weighted by atomic mass is 35.5. The molecule has 0 bridgehead atoms. The summed E-state index contributed by atoms with van der Waals surface area (Å²) in [5.74, 6) is 0.721. The first-order chi connectivity index (χ1) is 9.15. The summed E-state index contributed by atoms with van der Waals surface area (Å²) in [4.78, 5) is 10.2. The molecule has 0 spiro atoms. The molecule has 1 N–H and O–H groups in total. The molecule has 0 atom stereocenters. The largest absolute Gasteiger partial charge is 0.357 e. The van der Waals surface area contributed by atoms with Crippen molar-refractivity contribution in [2.75, 3.05) is 23.8 Å². The zero-order valence-electron chi connectivity index (χ0n) is 10.7. The Labute approximate surface area is 116 Å². The van der Waals surface area contributed by atoms with Gasteiger partial charge in [-0.05, 0) is 25.1 Å². The minimum Gasteiger partial charge on any atom is -0.357 e. The lowest BCUT2D eigenvalue weighted by Gasteiger charge is -2.23. The maximum Gasteiger partial charge on any atom is 0.224 e. The van der Waals surface area contributed by atoms with E-state index in [-0.39, 0.29) is 5.82 Å². The van der Waals surface area contributed by atoms with Gasteiger partial charge in [-0.15, -0.1) is 0 Å². The van der Waals surface area contributed by atoms with Crippen molar-refractivity contribution in [3.63, 3.8) is 0 Å². The van der Waals surface area contributed by atoms with Crippen LogP contribution in [0.1, 0.15) is 6.92 Å². The van der Waals surface area contributed by atoms with E-state index in [1.807, 2.05) is 17.9 Å². The average molecular weight is 281 g/mol. The van der Waals surface area contributed by atoms with Gasteiger partial charge in [0.15, 0.2) is 5.82 Å². The van der Waals surface area contributed by atoms with Gasteiger partial charge < -0.3 is 10.2 Å². The minimum atomic E-state index is -0.296. The van der Waals surface area contributed by atoms with Gasteiger partial charge >= 0.3 is 0 Å². The number of anilines is 3. The molecule has 0 saturated carbocycles. The van der Waals surface area contributed by atoms with Crippen molar-refractivity contribution < 1.29 is 4.39 Å². The summed E-state index contributed by atoms with van der Waals surface area (Å²) in [7, 11) is 1.73. The SMILES string of the molecule is CCN(c1cccc(F)c1)c1nc(NC)ncc1Cl. The highest BCUT2D eigenvalue weighted by molar-refractivity contribution is 6.33. The summed E-state index contributed by atoms with van der Waals surface area (Å²) in [6.07, 6.45) is 1.53. The fourth-order valence-electron chi connectivity index (χ4n) is 1.77. The molecule has 1 aromatic carbocycles. The van der Waals surface area contributed by atoms with Gasteiger partial charge in [0.25, 0.3) is 0 Å². The smallest absolute Gasteiger partial charge is 0.224 e. The molecule has 6 heteroatoms. The van der Waals surface area contributed by atoms with Gasteiger partial charge in [-0.2, -0.15) is 4.98 Å². The first kappa shape index (κ1) is 13.5. The molecule has 19 heavy (non-hydrogen) atoms. The predicted octanol–water partition coefficient (Wildman–Crippen LogP) is 3.47. The minimum absolute atomic E-state index is 0.296. The second-order valence-corrected chi connectivity index (χ2v) is 4.25. The van der Waals surface area contributed by atoms with Gasteiger partial charge in [0.1, 0.15) is 10.8 Å². The van der Waals surface area contributed by atoms with Crippen LogP contribution >= 0.6 is 11.6 Å². The van der Waals surface area contributed by atoms with Gasteiger partial charge in [-0.3, -0.25) is 0 Å². The van der Waals surface area contributed by atoms with E-state index < -0.39 is 0 Å². The quantitative estimate of drug-likeness (QED) is 0.931. The van der Waals surface area contributed by atoms with E-state index in [1.54, 1.807) is 13.1 Å². The highest BCUT2D eigenvalue weighted by Gasteiger charge is 2.14. The lowest BCUT2D eigenvalue weighted by atomic mass is 10.2. The van der Waals surface area contributed by atoms with Crippen molar-refractivity contribution in [1.82, 2.24) is 9.97 Å². The third-order valence-corrected chi connectivity index (χ3v) is 2.91. The van der Waals surface area contributed by atoms with E-state index in [1.165, 1.54) is 18.3 Å². The van der Waals surface area contributed by atoms with Crippen molar-refractivity contribution in [3.8, 4) is 0 Å². The summed E-state index contributed by atoms with van der Waals surface area (Å²) in [6.45, 7) is 2.56. The zero-order valence-corrected chi connectivity index (χ0v) is 11.4. The molecule has 2 rings (SSSR count).